The molecule has 0 aliphatic heterocycles. The van der Waals surface area contributed by atoms with Crippen molar-refractivity contribution in [3.8, 4) is 0 Å². The van der Waals surface area contributed by atoms with E-state index in [-0.39, 0.29) is 5.91 Å². The van der Waals surface area contributed by atoms with Crippen LogP contribution in [0.1, 0.15) is 6.92 Å². The predicted molar refractivity (Wildman–Crippen MR) is 39.3 cm³/mol. The van der Waals surface area contributed by atoms with Crippen LogP contribution in [0.3, 0.4) is 0 Å². The number of hydrogen-bond donors (Lipinski definition) is 2. The lowest BCUT2D eigenvalue weighted by Gasteiger charge is -1.95. The van der Waals surface area contributed by atoms with Crippen LogP contribution in [-0.4, -0.2) is 23.8 Å². The van der Waals surface area contributed by atoms with Gasteiger partial charge in [-0.25, -0.2) is 0 Å². The van der Waals surface area contributed by atoms with Gasteiger partial charge in [0.25, 0.3) is 0 Å². The minimum Gasteiger partial charge on any atom is -0.356 e. The molecule has 9 heavy (non-hydrogen) atoms. The predicted octanol–water partition coefficient (Wildman–Crippen LogP) is -0.222. The van der Waals surface area contributed by atoms with Gasteiger partial charge in [0.15, 0.2) is 0 Å². The molecule has 0 aliphatic carbocycles. The van der Waals surface area contributed by atoms with Crippen LogP contribution in [0.5, 0.6) is 0 Å². The highest BCUT2D eigenvalue weighted by molar-refractivity contribution is 7.97. The summed E-state index contributed by atoms with van der Waals surface area (Å²) in [6.45, 7) is 2.05. The molecule has 1 radical (unpaired) electrons. The zero-order valence-corrected chi connectivity index (χ0v) is 6.15. The molecular weight excluding hydrogens is 138 g/mol. The van der Waals surface area contributed by atoms with Crippen LogP contribution in [0.4, 0.5) is 0 Å². The maximum Gasteiger partial charge on any atom is 0.216 e. The zero-order valence-electron chi connectivity index (χ0n) is 5.26. The van der Waals surface area contributed by atoms with Gasteiger partial charge in [-0.15, -0.1) is 0 Å². The number of hydrogen-bond acceptors (Lipinski definition) is 1. The molecule has 0 rings (SSSR count). The van der Waals surface area contributed by atoms with Crippen molar-refractivity contribution in [3.63, 3.8) is 0 Å². The van der Waals surface area contributed by atoms with E-state index in [1.165, 1.54) is 6.92 Å². The van der Waals surface area contributed by atoms with E-state index in [0.717, 1.165) is 16.9 Å². The monoisotopic (exact) mass is 148 g/mol. The molecule has 0 aromatic heterocycles. The van der Waals surface area contributed by atoms with Crippen molar-refractivity contribution >= 4 is 22.8 Å². The van der Waals surface area contributed by atoms with Gasteiger partial charge in [0.2, 0.25) is 5.91 Å². The van der Waals surface area contributed by atoms with Gasteiger partial charge in [-0.05, 0) is 0 Å². The van der Waals surface area contributed by atoms with Crippen molar-refractivity contribution in [2.24, 2.45) is 0 Å². The first-order chi connectivity index (χ1) is 4.27. The van der Waals surface area contributed by atoms with E-state index in [0.29, 0.717) is 12.3 Å². The number of carbonyl (C=O) groups excluding carboxylic acids is 1. The highest BCUT2D eigenvalue weighted by Gasteiger charge is 1.85. The summed E-state index contributed by atoms with van der Waals surface area (Å²) in [5, 5.41) is 12.3. The lowest BCUT2D eigenvalue weighted by atomic mass is 10.6. The summed E-state index contributed by atoms with van der Waals surface area (Å²) >= 11 is 0.737. The average molecular weight is 148 g/mol. The second-order valence-corrected chi connectivity index (χ2v) is 2.52. The van der Waals surface area contributed by atoms with E-state index in [2.05, 4.69) is 5.32 Å². The maximum atomic E-state index is 10.2. The average Bonchev–Trinajstić information content (AvgIpc) is 1.80. The van der Waals surface area contributed by atoms with Gasteiger partial charge in [0, 0.05) is 19.2 Å². The second-order valence-electron chi connectivity index (χ2n) is 1.49. The van der Waals surface area contributed by atoms with Crippen LogP contribution >= 0.6 is 11.4 Å². The summed E-state index contributed by atoms with van der Waals surface area (Å²) in [5.41, 5.74) is 0.821. The van der Waals surface area contributed by atoms with Crippen LogP contribution in [0.25, 0.3) is 0 Å². The van der Waals surface area contributed by atoms with Gasteiger partial charge < -0.3 is 5.32 Å². The van der Waals surface area contributed by atoms with Crippen molar-refractivity contribution in [3.05, 3.63) is 0 Å². The van der Waals surface area contributed by atoms with Crippen LogP contribution in [0.2, 0.25) is 0 Å². The molecule has 0 aliphatic rings. The van der Waals surface area contributed by atoms with E-state index in [1.54, 1.807) is 0 Å². The largest absolute Gasteiger partial charge is 0.356 e. The fraction of sp³-hybridized carbons (Fsp3) is 0.600. The molecule has 4 heteroatoms. The van der Waals surface area contributed by atoms with E-state index < -0.39 is 0 Å². The molecule has 0 spiro atoms. The standard InChI is InChI=1S/C5H10NO2S/c1-5(8)6-2-3-9-4-7/h4,9H,2-3H2,1H3,(H,6,8). The van der Waals surface area contributed by atoms with E-state index in [4.69, 9.17) is 0 Å². The molecule has 3 nitrogen and oxygen atoms in total. The van der Waals surface area contributed by atoms with Gasteiger partial charge in [-0.1, -0.05) is 0 Å². The molecule has 53 valence electrons. The Kier molecular flexibility index (Phi) is 5.56. The smallest absolute Gasteiger partial charge is 0.216 e. The molecule has 1 amide bonds. The van der Waals surface area contributed by atoms with Crippen LogP contribution in [-0.2, 0) is 9.90 Å². The Morgan fingerprint density at radius 2 is 2.44 bits per heavy atom. The molecule has 0 aromatic carbocycles. The SMILES string of the molecule is CC(=O)NCC[SH]=C[O]. The first-order valence-electron chi connectivity index (χ1n) is 2.62. The highest BCUT2D eigenvalue weighted by atomic mass is 32.1. The number of nitrogens with one attached hydrogen (secondary N) is 1. The van der Waals surface area contributed by atoms with Crippen molar-refractivity contribution in [2.45, 2.75) is 6.92 Å². The first-order valence-corrected chi connectivity index (χ1v) is 3.77. The highest BCUT2D eigenvalue weighted by Crippen LogP contribution is 1.78. The second kappa shape index (κ2) is 5.78. The quantitative estimate of drug-likeness (QED) is 0.324. The number of carbonyl (C=O) groups is 1. The molecule has 0 saturated heterocycles. The van der Waals surface area contributed by atoms with E-state index >= 15 is 0 Å². The van der Waals surface area contributed by atoms with Crippen LogP contribution in [0.15, 0.2) is 0 Å². The minimum atomic E-state index is -0.0453. The Bertz CT molecular complexity index is 114. The third-order valence-corrected chi connectivity index (χ3v) is 1.32. The Labute approximate surface area is 58.0 Å². The summed E-state index contributed by atoms with van der Waals surface area (Å²) in [7, 11) is 0. The molecule has 0 unspecified atom stereocenters. The minimum absolute atomic E-state index is 0.0453. The lowest BCUT2D eigenvalue weighted by Crippen LogP contribution is -2.21. The molecule has 1 N–H and O–H groups in total. The lowest BCUT2D eigenvalue weighted by molar-refractivity contribution is -0.118. The van der Waals surface area contributed by atoms with Gasteiger partial charge in [-0.2, -0.15) is 16.5 Å². The van der Waals surface area contributed by atoms with Gasteiger partial charge in [0.05, 0.1) is 5.55 Å². The van der Waals surface area contributed by atoms with Crippen molar-refractivity contribution in [1.29, 1.82) is 0 Å². The normalized spacial score (nSPS) is 10.9. The number of rotatable bonds is 3. The summed E-state index contributed by atoms with van der Waals surface area (Å²) in [4.78, 5) is 10.2. The number of amides is 1. The number of thiol groups is 1. The summed E-state index contributed by atoms with van der Waals surface area (Å²) in [6, 6.07) is 0. The molecule has 0 atom stereocenters. The topological polar surface area (TPSA) is 49.0 Å². The van der Waals surface area contributed by atoms with E-state index in [1.807, 2.05) is 0 Å². The van der Waals surface area contributed by atoms with Gasteiger partial charge in [-0.3, -0.25) is 4.79 Å². The fourth-order valence-electron chi connectivity index (χ4n) is 0.349. The third-order valence-electron chi connectivity index (χ3n) is 0.689. The molecule has 0 heterocycles. The van der Waals surface area contributed by atoms with Gasteiger partial charge in [0.1, 0.15) is 0 Å². The van der Waals surface area contributed by atoms with Crippen molar-refractivity contribution < 1.29 is 9.90 Å². The fourth-order valence-corrected chi connectivity index (χ4v) is 0.695. The molecule has 0 saturated carbocycles. The van der Waals surface area contributed by atoms with Crippen LogP contribution < -0.4 is 5.32 Å². The zero-order chi connectivity index (χ0) is 7.11. The molecule has 0 fully saturated rings. The van der Waals surface area contributed by atoms with E-state index in [9.17, 15) is 9.90 Å². The molecule has 0 aromatic rings. The van der Waals surface area contributed by atoms with Crippen LogP contribution in [0, 0.1) is 0 Å². The third kappa shape index (κ3) is 7.65. The molecule has 0 bridgehead atoms. The van der Waals surface area contributed by atoms with Crippen molar-refractivity contribution in [2.75, 3.05) is 12.3 Å². The Balaban J connectivity index is 3.01. The Morgan fingerprint density at radius 1 is 1.78 bits per heavy atom. The van der Waals surface area contributed by atoms with Gasteiger partial charge >= 0.3 is 0 Å². The van der Waals surface area contributed by atoms with Crippen molar-refractivity contribution in [1.82, 2.24) is 5.32 Å². The molecular formula is C5H10NO2S. The first kappa shape index (κ1) is 8.65. The Morgan fingerprint density at radius 3 is 2.89 bits per heavy atom. The summed E-state index contributed by atoms with van der Waals surface area (Å²) < 4.78 is 0. The Hall–Kier alpha value is -0.350. The summed E-state index contributed by atoms with van der Waals surface area (Å²) in [6.07, 6.45) is 0. The summed E-state index contributed by atoms with van der Waals surface area (Å²) in [5.74, 6) is 0.666. The maximum absolute atomic E-state index is 10.2.